The van der Waals surface area contributed by atoms with Crippen LogP contribution >= 0.6 is 0 Å². The third kappa shape index (κ3) is 4.26. The van der Waals surface area contributed by atoms with Crippen LogP contribution in [0.5, 0.6) is 0 Å². The first-order valence-corrected chi connectivity index (χ1v) is 6.80. The van der Waals surface area contributed by atoms with E-state index in [1.165, 1.54) is 6.07 Å². The largest absolute Gasteiger partial charge is 0.385 e. The van der Waals surface area contributed by atoms with Crippen molar-refractivity contribution >= 4 is 5.95 Å². The van der Waals surface area contributed by atoms with E-state index in [1.54, 1.807) is 7.11 Å². The Balaban J connectivity index is 2.03. The summed E-state index contributed by atoms with van der Waals surface area (Å²) in [6, 6.07) is 3.42. The zero-order valence-corrected chi connectivity index (χ0v) is 12.2. The molecule has 0 bridgehead atoms. The third-order valence-corrected chi connectivity index (χ3v) is 3.09. The van der Waals surface area contributed by atoms with Gasteiger partial charge in [-0.2, -0.15) is 0 Å². The van der Waals surface area contributed by atoms with Crippen LogP contribution in [0.4, 0.5) is 14.7 Å². The Hall–Kier alpha value is -1.95. The fourth-order valence-corrected chi connectivity index (χ4v) is 2.09. The first kappa shape index (κ1) is 15.4. The summed E-state index contributed by atoms with van der Waals surface area (Å²) in [5.41, 5.74) is 1.15. The molecule has 1 aromatic heterocycles. The summed E-state index contributed by atoms with van der Waals surface area (Å²) in [4.78, 5) is 4.35. The lowest BCUT2D eigenvalue weighted by atomic mass is 10.2. The smallest absolute Gasteiger partial charge is 0.203 e. The molecule has 1 aromatic carbocycles. The first-order valence-electron chi connectivity index (χ1n) is 6.80. The Morgan fingerprint density at radius 2 is 2.14 bits per heavy atom. The van der Waals surface area contributed by atoms with E-state index in [0.29, 0.717) is 12.6 Å². The van der Waals surface area contributed by atoms with E-state index in [-0.39, 0.29) is 12.1 Å². The maximum Gasteiger partial charge on any atom is 0.203 e. The van der Waals surface area contributed by atoms with Gasteiger partial charge in [0, 0.05) is 38.6 Å². The number of hydrogen-bond acceptors (Lipinski definition) is 3. The highest BCUT2D eigenvalue weighted by atomic mass is 19.1. The number of nitrogens with zero attached hydrogens (tertiary/aromatic N) is 2. The second-order valence-corrected chi connectivity index (χ2v) is 4.83. The van der Waals surface area contributed by atoms with E-state index in [9.17, 15) is 8.78 Å². The Kier molecular flexibility index (Phi) is 5.27. The van der Waals surface area contributed by atoms with Crippen LogP contribution in [-0.4, -0.2) is 23.3 Å². The molecule has 2 rings (SSSR count). The number of nitrogens with one attached hydrogen (secondary N) is 1. The monoisotopic (exact) mass is 295 g/mol. The molecule has 0 aliphatic heterocycles. The van der Waals surface area contributed by atoms with Crippen molar-refractivity contribution in [1.29, 1.82) is 0 Å². The molecular weight excluding hydrogens is 276 g/mol. The van der Waals surface area contributed by atoms with E-state index in [0.717, 1.165) is 30.8 Å². The topological polar surface area (TPSA) is 39.1 Å². The molecule has 2 aromatic rings. The zero-order chi connectivity index (χ0) is 15.2. The average molecular weight is 295 g/mol. The predicted octanol–water partition coefficient (Wildman–Crippen LogP) is 3.12. The normalized spacial score (nSPS) is 10.9. The minimum Gasteiger partial charge on any atom is -0.385 e. The molecule has 0 unspecified atom stereocenters. The number of anilines is 1. The molecule has 1 heterocycles. The van der Waals surface area contributed by atoms with Crippen molar-refractivity contribution in [3.63, 3.8) is 0 Å². The summed E-state index contributed by atoms with van der Waals surface area (Å²) in [6.45, 7) is 3.49. The van der Waals surface area contributed by atoms with Crippen molar-refractivity contribution in [2.24, 2.45) is 0 Å². The van der Waals surface area contributed by atoms with Crippen molar-refractivity contribution in [2.45, 2.75) is 26.4 Å². The zero-order valence-electron chi connectivity index (χ0n) is 12.2. The van der Waals surface area contributed by atoms with Gasteiger partial charge in [0.2, 0.25) is 5.95 Å². The molecule has 0 saturated heterocycles. The van der Waals surface area contributed by atoms with E-state index in [1.807, 2.05) is 17.7 Å². The summed E-state index contributed by atoms with van der Waals surface area (Å²) in [5, 5.41) is 3.05. The van der Waals surface area contributed by atoms with Gasteiger partial charge < -0.3 is 14.6 Å². The molecule has 0 aliphatic carbocycles. The lowest BCUT2D eigenvalue weighted by molar-refractivity contribution is 0.190. The second kappa shape index (κ2) is 7.17. The van der Waals surface area contributed by atoms with E-state index in [2.05, 4.69) is 10.3 Å². The number of imidazole rings is 1. The standard InChI is InChI=1S/C15H19F2N3O/c1-11-10-20(6-3-7-21-2)15(19-11)18-9-12-8-13(16)4-5-14(12)17/h4-5,8,10H,3,6-7,9H2,1-2H3,(H,18,19). The summed E-state index contributed by atoms with van der Waals surface area (Å²) in [7, 11) is 1.66. The number of benzene rings is 1. The van der Waals surface area contributed by atoms with Gasteiger partial charge in [-0.05, 0) is 31.5 Å². The minimum absolute atomic E-state index is 0.185. The van der Waals surface area contributed by atoms with Crippen molar-refractivity contribution in [1.82, 2.24) is 9.55 Å². The first-order chi connectivity index (χ1) is 10.1. The van der Waals surface area contributed by atoms with Crippen LogP contribution in [-0.2, 0) is 17.8 Å². The average Bonchev–Trinajstić information content (AvgIpc) is 2.80. The molecule has 114 valence electrons. The Morgan fingerprint density at radius 1 is 1.33 bits per heavy atom. The van der Waals surface area contributed by atoms with Gasteiger partial charge in [0.25, 0.3) is 0 Å². The summed E-state index contributed by atoms with van der Waals surface area (Å²) < 4.78 is 33.7. The summed E-state index contributed by atoms with van der Waals surface area (Å²) in [6.07, 6.45) is 2.77. The van der Waals surface area contributed by atoms with Crippen LogP contribution in [0.3, 0.4) is 0 Å². The van der Waals surface area contributed by atoms with E-state index in [4.69, 9.17) is 4.74 Å². The highest BCUT2D eigenvalue weighted by Gasteiger charge is 2.08. The number of rotatable bonds is 7. The molecule has 4 nitrogen and oxygen atoms in total. The number of methoxy groups -OCH3 is 1. The van der Waals surface area contributed by atoms with Gasteiger partial charge in [-0.1, -0.05) is 0 Å². The number of aromatic nitrogens is 2. The molecule has 0 atom stereocenters. The molecule has 0 fully saturated rings. The Bertz CT molecular complexity index is 599. The molecule has 0 aliphatic rings. The lowest BCUT2D eigenvalue weighted by Gasteiger charge is -2.10. The van der Waals surface area contributed by atoms with Crippen LogP contribution in [0, 0.1) is 18.6 Å². The van der Waals surface area contributed by atoms with Crippen molar-refractivity contribution in [3.05, 3.63) is 47.3 Å². The number of halogens is 2. The van der Waals surface area contributed by atoms with E-state index < -0.39 is 11.6 Å². The Labute approximate surface area is 122 Å². The number of hydrogen-bond donors (Lipinski definition) is 1. The van der Waals surface area contributed by atoms with Crippen molar-refractivity contribution in [2.75, 3.05) is 19.0 Å². The van der Waals surface area contributed by atoms with Gasteiger partial charge in [-0.3, -0.25) is 0 Å². The van der Waals surface area contributed by atoms with Crippen LogP contribution in [0.1, 0.15) is 17.7 Å². The quantitative estimate of drug-likeness (QED) is 0.798. The highest BCUT2D eigenvalue weighted by Crippen LogP contribution is 2.14. The van der Waals surface area contributed by atoms with Crippen molar-refractivity contribution < 1.29 is 13.5 Å². The summed E-state index contributed by atoms with van der Waals surface area (Å²) in [5.74, 6) is -0.238. The number of ether oxygens (including phenoxy) is 1. The minimum atomic E-state index is -0.451. The molecule has 21 heavy (non-hydrogen) atoms. The number of aryl methyl sites for hydroxylation is 2. The molecule has 6 heteroatoms. The van der Waals surface area contributed by atoms with Gasteiger partial charge in [0.1, 0.15) is 11.6 Å². The fourth-order valence-electron chi connectivity index (χ4n) is 2.09. The molecule has 0 spiro atoms. The fraction of sp³-hybridized carbons (Fsp3) is 0.400. The van der Waals surface area contributed by atoms with Crippen molar-refractivity contribution in [3.8, 4) is 0 Å². The predicted molar refractivity (Wildman–Crippen MR) is 77.1 cm³/mol. The van der Waals surface area contributed by atoms with Crippen LogP contribution in [0.2, 0.25) is 0 Å². The van der Waals surface area contributed by atoms with Gasteiger partial charge in [-0.15, -0.1) is 0 Å². The van der Waals surface area contributed by atoms with Crippen LogP contribution in [0.15, 0.2) is 24.4 Å². The third-order valence-electron chi connectivity index (χ3n) is 3.09. The van der Waals surface area contributed by atoms with Crippen LogP contribution in [0.25, 0.3) is 0 Å². The van der Waals surface area contributed by atoms with Crippen LogP contribution < -0.4 is 5.32 Å². The van der Waals surface area contributed by atoms with Gasteiger partial charge in [0.15, 0.2) is 0 Å². The SMILES string of the molecule is COCCCn1cc(C)nc1NCc1cc(F)ccc1F. The van der Waals surface area contributed by atoms with Gasteiger partial charge >= 0.3 is 0 Å². The molecular formula is C15H19F2N3O. The second-order valence-electron chi connectivity index (χ2n) is 4.83. The molecule has 0 saturated carbocycles. The van der Waals surface area contributed by atoms with E-state index >= 15 is 0 Å². The molecule has 1 N–H and O–H groups in total. The lowest BCUT2D eigenvalue weighted by Crippen LogP contribution is -2.09. The van der Waals surface area contributed by atoms with Gasteiger partial charge in [-0.25, -0.2) is 13.8 Å². The Morgan fingerprint density at radius 3 is 2.90 bits per heavy atom. The summed E-state index contributed by atoms with van der Waals surface area (Å²) >= 11 is 0. The molecule has 0 amide bonds. The maximum atomic E-state index is 13.6. The van der Waals surface area contributed by atoms with Gasteiger partial charge in [0.05, 0.1) is 5.69 Å². The maximum absolute atomic E-state index is 13.6. The molecule has 0 radical (unpaired) electrons. The highest BCUT2D eigenvalue weighted by molar-refractivity contribution is 5.31.